The maximum atomic E-state index is 9.92. The zero-order chi connectivity index (χ0) is 19.6. The van der Waals surface area contributed by atoms with E-state index in [2.05, 4.69) is 73.8 Å². The quantitative estimate of drug-likeness (QED) is 0.398. The van der Waals surface area contributed by atoms with Crippen LogP contribution in [0.25, 0.3) is 0 Å². The summed E-state index contributed by atoms with van der Waals surface area (Å²) >= 11 is 0. The van der Waals surface area contributed by atoms with Gasteiger partial charge >= 0.3 is 0 Å². The molecule has 3 nitrogen and oxygen atoms in total. The lowest BCUT2D eigenvalue weighted by molar-refractivity contribution is 0.108. The van der Waals surface area contributed by atoms with Crippen LogP contribution in [0, 0.1) is 17.2 Å². The van der Waals surface area contributed by atoms with E-state index in [1.54, 1.807) is 6.26 Å². The van der Waals surface area contributed by atoms with Gasteiger partial charge in [-0.1, -0.05) is 55.4 Å². The number of rotatable bonds is 6. The van der Waals surface area contributed by atoms with Gasteiger partial charge in [0.25, 0.3) is 0 Å². The average Bonchev–Trinajstić information content (AvgIpc) is 2.33. The van der Waals surface area contributed by atoms with Gasteiger partial charge in [-0.3, -0.25) is 0 Å². The van der Waals surface area contributed by atoms with Crippen LogP contribution in [0.4, 0.5) is 0 Å². The molecule has 0 spiro atoms. The number of nitrogens with zero attached hydrogens (tertiary/aromatic N) is 1. The van der Waals surface area contributed by atoms with Crippen molar-refractivity contribution in [1.29, 1.82) is 5.26 Å². The predicted molar refractivity (Wildman–Crippen MR) is 109 cm³/mol. The normalized spacial score (nSPS) is 17.0. The Kier molecular flexibility index (Phi) is 7.17. The van der Waals surface area contributed by atoms with Gasteiger partial charge in [-0.05, 0) is 48.3 Å². The lowest BCUT2D eigenvalue weighted by Gasteiger charge is -2.43. The molecule has 0 unspecified atom stereocenters. The topological polar surface area (TPSA) is 42.2 Å². The molecule has 140 valence electrons. The van der Waals surface area contributed by atoms with Crippen molar-refractivity contribution in [1.82, 2.24) is 0 Å². The van der Waals surface area contributed by atoms with Crippen LogP contribution in [-0.4, -0.2) is 22.2 Å². The first-order valence-electron chi connectivity index (χ1n) is 8.89. The Balaban J connectivity index is 5.60. The molecule has 0 fully saturated rings. The molecule has 0 aliphatic rings. The number of hydrogen-bond acceptors (Lipinski definition) is 3. The zero-order valence-corrected chi connectivity index (χ0v) is 20.0. The molecule has 24 heavy (non-hydrogen) atoms. The van der Waals surface area contributed by atoms with Gasteiger partial charge in [0, 0.05) is 0 Å². The van der Waals surface area contributed by atoms with Crippen molar-refractivity contribution >= 4 is 16.6 Å². The summed E-state index contributed by atoms with van der Waals surface area (Å²) in [4.78, 5) is 0. The van der Waals surface area contributed by atoms with Crippen LogP contribution in [0.1, 0.15) is 55.4 Å². The van der Waals surface area contributed by atoms with Crippen molar-refractivity contribution in [2.45, 2.75) is 97.3 Å². The molecular formula is C19H39NO2Si2. The van der Waals surface area contributed by atoms with Gasteiger partial charge in [0.1, 0.15) is 6.07 Å². The van der Waals surface area contributed by atoms with Crippen molar-refractivity contribution in [3.05, 3.63) is 12.3 Å². The Morgan fingerprint density at radius 3 is 1.58 bits per heavy atom. The first kappa shape index (κ1) is 23.4. The molecule has 1 atom stereocenters. The van der Waals surface area contributed by atoms with Crippen LogP contribution in [0.5, 0.6) is 0 Å². The fourth-order valence-electron chi connectivity index (χ4n) is 1.59. The summed E-state index contributed by atoms with van der Waals surface area (Å²) in [6.45, 7) is 26.0. The molecule has 0 aromatic carbocycles. The van der Waals surface area contributed by atoms with Crippen molar-refractivity contribution in [2.75, 3.05) is 0 Å². The third kappa shape index (κ3) is 5.47. The molecule has 0 N–H and O–H groups in total. The van der Waals surface area contributed by atoms with E-state index in [-0.39, 0.29) is 16.0 Å². The summed E-state index contributed by atoms with van der Waals surface area (Å²) < 4.78 is 12.7. The third-order valence-corrected chi connectivity index (χ3v) is 14.5. The predicted octanol–water partition coefficient (Wildman–Crippen LogP) is 6.46. The van der Waals surface area contributed by atoms with Crippen molar-refractivity contribution in [2.24, 2.45) is 5.92 Å². The highest BCUT2D eigenvalue weighted by Gasteiger charge is 2.46. The average molecular weight is 370 g/mol. The second kappa shape index (κ2) is 7.35. The molecule has 0 bridgehead atoms. The van der Waals surface area contributed by atoms with Crippen LogP contribution in [0.15, 0.2) is 12.3 Å². The fraction of sp³-hybridized carbons (Fsp3) is 0.842. The molecule has 0 aliphatic carbocycles. The minimum Gasteiger partial charge on any atom is -0.549 e. The van der Waals surface area contributed by atoms with Crippen molar-refractivity contribution < 1.29 is 8.85 Å². The van der Waals surface area contributed by atoms with Gasteiger partial charge in [0.15, 0.2) is 13.9 Å². The SMILES string of the molecule is CC(C)[C@](C#N)(/C=C\O[Si](C)(C)C(C)(C)C)O[Si](C)(C)C(C)(C)C. The summed E-state index contributed by atoms with van der Waals surface area (Å²) in [5.74, 6) is 0.0518. The van der Waals surface area contributed by atoms with E-state index in [0.717, 1.165) is 0 Å². The van der Waals surface area contributed by atoms with E-state index in [0.29, 0.717) is 0 Å². The molecule has 0 radical (unpaired) electrons. The van der Waals surface area contributed by atoms with E-state index >= 15 is 0 Å². The van der Waals surface area contributed by atoms with Crippen LogP contribution in [0.2, 0.25) is 36.3 Å². The van der Waals surface area contributed by atoms with Crippen LogP contribution in [0.3, 0.4) is 0 Å². The van der Waals surface area contributed by atoms with E-state index < -0.39 is 22.2 Å². The second-order valence-electron chi connectivity index (χ2n) is 10.1. The lowest BCUT2D eigenvalue weighted by atomic mass is 9.92. The zero-order valence-electron chi connectivity index (χ0n) is 18.0. The molecule has 0 rings (SSSR count). The summed E-state index contributed by atoms with van der Waals surface area (Å²) in [6, 6.07) is 2.43. The van der Waals surface area contributed by atoms with Gasteiger partial charge < -0.3 is 8.85 Å². The Labute approximate surface area is 152 Å². The Bertz CT molecular complexity index is 491. The van der Waals surface area contributed by atoms with E-state index in [4.69, 9.17) is 8.85 Å². The monoisotopic (exact) mass is 369 g/mol. The molecule has 0 heterocycles. The van der Waals surface area contributed by atoms with Crippen LogP contribution < -0.4 is 0 Å². The van der Waals surface area contributed by atoms with Gasteiger partial charge in [-0.15, -0.1) is 0 Å². The molecule has 0 saturated carbocycles. The molecular weight excluding hydrogens is 330 g/mol. The van der Waals surface area contributed by atoms with Crippen molar-refractivity contribution in [3.63, 3.8) is 0 Å². The second-order valence-corrected chi connectivity index (χ2v) is 19.6. The van der Waals surface area contributed by atoms with E-state index in [1.807, 2.05) is 19.9 Å². The highest BCUT2D eigenvalue weighted by molar-refractivity contribution is 6.74. The molecule has 0 aromatic heterocycles. The maximum Gasteiger partial charge on any atom is 0.249 e. The van der Waals surface area contributed by atoms with E-state index in [1.165, 1.54) is 0 Å². The third-order valence-electron chi connectivity index (χ3n) is 5.75. The molecule has 0 saturated heterocycles. The summed E-state index contributed by atoms with van der Waals surface area (Å²) in [6.07, 6.45) is 3.58. The molecule has 0 amide bonds. The van der Waals surface area contributed by atoms with Crippen molar-refractivity contribution in [3.8, 4) is 6.07 Å². The molecule has 5 heteroatoms. The van der Waals surface area contributed by atoms with Gasteiger partial charge in [0.2, 0.25) is 8.32 Å². The minimum absolute atomic E-state index is 0.0518. The van der Waals surface area contributed by atoms with Crippen LogP contribution >= 0.6 is 0 Å². The summed E-state index contributed by atoms with van der Waals surface area (Å²) in [7, 11) is -3.96. The molecule has 0 aliphatic heterocycles. The fourth-order valence-corrected chi connectivity index (χ4v) is 3.85. The largest absolute Gasteiger partial charge is 0.549 e. The standard InChI is InChI=1S/C19H39NO2Si2/c1-16(2)19(15-20,22-24(11,12)18(6,7)8)13-14-21-23(9,10)17(3,4)5/h13-14,16H,1-12H3/b14-13-/t19-/m1/s1. The number of nitriles is 1. The van der Waals surface area contributed by atoms with Gasteiger partial charge in [0.05, 0.1) is 6.26 Å². The summed E-state index contributed by atoms with van der Waals surface area (Å²) in [5.41, 5.74) is -0.939. The lowest BCUT2D eigenvalue weighted by Crippen LogP contribution is -2.50. The van der Waals surface area contributed by atoms with Crippen LogP contribution in [-0.2, 0) is 8.85 Å². The van der Waals surface area contributed by atoms with E-state index in [9.17, 15) is 5.26 Å². The first-order valence-corrected chi connectivity index (χ1v) is 14.7. The highest BCUT2D eigenvalue weighted by atomic mass is 28.4. The Morgan fingerprint density at radius 1 is 0.875 bits per heavy atom. The van der Waals surface area contributed by atoms with Gasteiger partial charge in [-0.25, -0.2) is 0 Å². The first-order chi connectivity index (χ1) is 10.4. The summed E-state index contributed by atoms with van der Waals surface area (Å²) in [5, 5.41) is 10.1. The maximum absolute atomic E-state index is 9.92. The van der Waals surface area contributed by atoms with Gasteiger partial charge in [-0.2, -0.15) is 5.26 Å². The Morgan fingerprint density at radius 2 is 1.29 bits per heavy atom. The smallest absolute Gasteiger partial charge is 0.249 e. The minimum atomic E-state index is -2.07. The number of hydrogen-bond donors (Lipinski definition) is 0. The molecule has 0 aromatic rings. The Hall–Kier alpha value is -0.576. The highest BCUT2D eigenvalue weighted by Crippen LogP contribution is 2.41.